The molecule has 186 valence electrons. The maximum absolute atomic E-state index is 13.6. The van der Waals surface area contributed by atoms with E-state index in [1.165, 1.54) is 36.4 Å². The van der Waals surface area contributed by atoms with Gasteiger partial charge >= 0.3 is 0 Å². The van der Waals surface area contributed by atoms with Crippen molar-refractivity contribution in [2.75, 3.05) is 18.0 Å². The number of benzene rings is 3. The first-order valence-corrected chi connectivity index (χ1v) is 12.8. The number of carbonyl (C=O) groups is 1. The van der Waals surface area contributed by atoms with E-state index in [9.17, 15) is 17.6 Å². The molecule has 0 aliphatic heterocycles. The highest BCUT2D eigenvalue weighted by Gasteiger charge is 2.28. The fourth-order valence-electron chi connectivity index (χ4n) is 3.72. The Hall–Kier alpha value is -3.39. The van der Waals surface area contributed by atoms with E-state index in [0.717, 1.165) is 15.4 Å². The summed E-state index contributed by atoms with van der Waals surface area (Å²) in [6, 6.07) is 18.5. The monoisotopic (exact) mass is 498 g/mol. The van der Waals surface area contributed by atoms with Crippen LogP contribution >= 0.6 is 0 Å². The number of nitrogens with zero attached hydrogens (tertiary/aromatic N) is 1. The molecular formula is C27H31FN2O4S. The summed E-state index contributed by atoms with van der Waals surface area (Å²) < 4.78 is 46.8. The molecule has 0 radical (unpaired) electrons. The topological polar surface area (TPSA) is 75.7 Å². The van der Waals surface area contributed by atoms with Crippen LogP contribution in [0.3, 0.4) is 0 Å². The molecule has 0 saturated carbocycles. The number of anilines is 1. The van der Waals surface area contributed by atoms with Crippen molar-refractivity contribution < 1.29 is 22.3 Å². The predicted octanol–water partition coefficient (Wildman–Crippen LogP) is 5.24. The van der Waals surface area contributed by atoms with Crippen LogP contribution in [0, 0.1) is 18.7 Å². The Morgan fingerprint density at radius 1 is 0.971 bits per heavy atom. The molecule has 35 heavy (non-hydrogen) atoms. The van der Waals surface area contributed by atoms with Crippen LogP contribution in [0.25, 0.3) is 0 Å². The molecule has 3 aromatic rings. The molecule has 0 spiro atoms. The Morgan fingerprint density at radius 3 is 2.11 bits per heavy atom. The first-order valence-electron chi connectivity index (χ1n) is 11.4. The number of ether oxygens (including phenoxy) is 1. The van der Waals surface area contributed by atoms with Gasteiger partial charge in [-0.25, -0.2) is 12.8 Å². The molecule has 0 fully saturated rings. The zero-order valence-corrected chi connectivity index (χ0v) is 21.2. The van der Waals surface area contributed by atoms with Gasteiger partial charge in [0, 0.05) is 0 Å². The highest BCUT2D eigenvalue weighted by Crippen LogP contribution is 2.26. The number of sulfonamides is 1. The standard InChI is InChI=1S/C27H31FN2O4S/c1-19(2)17-26(21-7-13-24(34-4)14-8-21)29-27(31)18-30(23-11-9-22(28)10-12-23)35(32,33)25-15-5-20(3)6-16-25/h5-16,19,26H,17-18H2,1-4H3,(H,29,31)/t26-/m1/s1. The van der Waals surface area contributed by atoms with Crippen molar-refractivity contribution in [3.63, 3.8) is 0 Å². The van der Waals surface area contributed by atoms with Crippen LogP contribution in [-0.2, 0) is 14.8 Å². The third kappa shape index (κ3) is 6.82. The van der Waals surface area contributed by atoms with Crippen LogP contribution < -0.4 is 14.4 Å². The van der Waals surface area contributed by atoms with Gasteiger partial charge in [-0.1, -0.05) is 43.7 Å². The van der Waals surface area contributed by atoms with Crippen LogP contribution in [-0.4, -0.2) is 28.0 Å². The molecule has 1 N–H and O–H groups in total. The number of hydrogen-bond donors (Lipinski definition) is 1. The number of rotatable bonds is 10. The Balaban J connectivity index is 1.91. The molecule has 0 aliphatic carbocycles. The minimum absolute atomic E-state index is 0.0501. The van der Waals surface area contributed by atoms with E-state index in [1.807, 2.05) is 31.2 Å². The number of halogens is 1. The Bertz CT molecular complexity index is 1230. The zero-order chi connectivity index (χ0) is 25.6. The van der Waals surface area contributed by atoms with E-state index in [1.54, 1.807) is 19.2 Å². The molecule has 1 amide bonds. The van der Waals surface area contributed by atoms with Crippen molar-refractivity contribution in [1.82, 2.24) is 5.32 Å². The maximum Gasteiger partial charge on any atom is 0.264 e. The highest BCUT2D eigenvalue weighted by molar-refractivity contribution is 7.92. The molecule has 0 heterocycles. The zero-order valence-electron chi connectivity index (χ0n) is 20.4. The second kappa shape index (κ2) is 11.4. The van der Waals surface area contributed by atoms with Gasteiger partial charge in [-0.2, -0.15) is 0 Å². The van der Waals surface area contributed by atoms with Crippen molar-refractivity contribution >= 4 is 21.6 Å². The van der Waals surface area contributed by atoms with Gasteiger partial charge in [-0.15, -0.1) is 0 Å². The molecule has 0 aliphatic rings. The summed E-state index contributed by atoms with van der Waals surface area (Å²) in [5.74, 6) is 0.0239. The SMILES string of the molecule is COc1ccc([C@@H](CC(C)C)NC(=O)CN(c2ccc(F)cc2)S(=O)(=O)c2ccc(C)cc2)cc1. The lowest BCUT2D eigenvalue weighted by Crippen LogP contribution is -2.42. The maximum atomic E-state index is 13.6. The van der Waals surface area contributed by atoms with Gasteiger partial charge in [-0.3, -0.25) is 9.10 Å². The molecule has 8 heteroatoms. The molecule has 1 atom stereocenters. The third-order valence-electron chi connectivity index (χ3n) is 5.57. The van der Waals surface area contributed by atoms with Gasteiger partial charge < -0.3 is 10.1 Å². The fourth-order valence-corrected chi connectivity index (χ4v) is 5.14. The average molecular weight is 499 g/mol. The number of aryl methyl sites for hydroxylation is 1. The molecule has 3 rings (SSSR count). The highest BCUT2D eigenvalue weighted by atomic mass is 32.2. The Kier molecular flexibility index (Phi) is 8.51. The van der Waals surface area contributed by atoms with E-state index in [-0.39, 0.29) is 22.5 Å². The van der Waals surface area contributed by atoms with Crippen LogP contribution in [0.15, 0.2) is 77.7 Å². The van der Waals surface area contributed by atoms with Gasteiger partial charge in [0.25, 0.3) is 10.0 Å². The molecule has 0 bridgehead atoms. The van der Waals surface area contributed by atoms with Gasteiger partial charge in [0.2, 0.25) is 5.91 Å². The molecule has 0 aromatic heterocycles. The van der Waals surface area contributed by atoms with Crippen molar-refractivity contribution in [3.8, 4) is 5.75 Å². The summed E-state index contributed by atoms with van der Waals surface area (Å²) in [7, 11) is -2.49. The van der Waals surface area contributed by atoms with Gasteiger partial charge in [0.15, 0.2) is 0 Å². The van der Waals surface area contributed by atoms with E-state index in [4.69, 9.17) is 4.74 Å². The lowest BCUT2D eigenvalue weighted by Gasteiger charge is -2.26. The third-order valence-corrected chi connectivity index (χ3v) is 7.36. The molecule has 0 saturated heterocycles. The summed E-state index contributed by atoms with van der Waals surface area (Å²) in [6.45, 7) is 5.51. The summed E-state index contributed by atoms with van der Waals surface area (Å²) in [5, 5.41) is 2.99. The summed E-state index contributed by atoms with van der Waals surface area (Å²) in [5.41, 5.74) is 2.00. The van der Waals surface area contributed by atoms with Crippen molar-refractivity contribution in [3.05, 3.63) is 89.7 Å². The van der Waals surface area contributed by atoms with Crippen LogP contribution in [0.1, 0.15) is 37.4 Å². The molecular weight excluding hydrogens is 467 g/mol. The first-order chi connectivity index (χ1) is 16.6. The lowest BCUT2D eigenvalue weighted by molar-refractivity contribution is -0.120. The van der Waals surface area contributed by atoms with E-state index >= 15 is 0 Å². The number of methoxy groups -OCH3 is 1. The normalized spacial score (nSPS) is 12.3. The second-order valence-electron chi connectivity index (χ2n) is 8.82. The first kappa shape index (κ1) is 26.2. The minimum atomic E-state index is -4.08. The molecule has 6 nitrogen and oxygen atoms in total. The molecule has 3 aromatic carbocycles. The summed E-state index contributed by atoms with van der Waals surface area (Å²) in [6.07, 6.45) is 0.666. The minimum Gasteiger partial charge on any atom is -0.497 e. The van der Waals surface area contributed by atoms with E-state index in [2.05, 4.69) is 19.2 Å². The van der Waals surface area contributed by atoms with Gasteiger partial charge in [0.1, 0.15) is 18.1 Å². The van der Waals surface area contributed by atoms with E-state index in [0.29, 0.717) is 12.2 Å². The second-order valence-corrected chi connectivity index (χ2v) is 10.7. The van der Waals surface area contributed by atoms with Crippen LogP contribution in [0.4, 0.5) is 10.1 Å². The average Bonchev–Trinajstić information content (AvgIpc) is 2.83. The quantitative estimate of drug-likeness (QED) is 0.415. The largest absolute Gasteiger partial charge is 0.497 e. The number of hydrogen-bond acceptors (Lipinski definition) is 4. The van der Waals surface area contributed by atoms with Crippen LogP contribution in [0.5, 0.6) is 5.75 Å². The predicted molar refractivity (Wildman–Crippen MR) is 135 cm³/mol. The Labute approximate surface area is 206 Å². The van der Waals surface area contributed by atoms with Gasteiger partial charge in [-0.05, 0) is 73.4 Å². The smallest absolute Gasteiger partial charge is 0.264 e. The van der Waals surface area contributed by atoms with Crippen molar-refractivity contribution in [1.29, 1.82) is 0 Å². The fraction of sp³-hybridized carbons (Fsp3) is 0.296. The van der Waals surface area contributed by atoms with Crippen LogP contribution in [0.2, 0.25) is 0 Å². The molecule has 0 unspecified atom stereocenters. The summed E-state index contributed by atoms with van der Waals surface area (Å²) in [4.78, 5) is 13.2. The lowest BCUT2D eigenvalue weighted by atomic mass is 9.97. The van der Waals surface area contributed by atoms with Crippen molar-refractivity contribution in [2.24, 2.45) is 5.92 Å². The van der Waals surface area contributed by atoms with Crippen molar-refractivity contribution in [2.45, 2.75) is 38.1 Å². The number of nitrogens with one attached hydrogen (secondary N) is 1. The van der Waals surface area contributed by atoms with Gasteiger partial charge in [0.05, 0.1) is 23.7 Å². The van der Waals surface area contributed by atoms with E-state index < -0.39 is 28.3 Å². The number of carbonyl (C=O) groups excluding carboxylic acids is 1. The Morgan fingerprint density at radius 2 is 1.57 bits per heavy atom. The summed E-state index contributed by atoms with van der Waals surface area (Å²) >= 11 is 0. The number of amides is 1.